The second-order valence-corrected chi connectivity index (χ2v) is 7.25. The molecule has 0 aliphatic heterocycles. The molecule has 2 amide bonds. The van der Waals surface area contributed by atoms with E-state index in [2.05, 4.69) is 15.6 Å². The smallest absolute Gasteiger partial charge is 0.265 e. The predicted molar refractivity (Wildman–Crippen MR) is 111 cm³/mol. The molecule has 0 saturated carbocycles. The summed E-state index contributed by atoms with van der Waals surface area (Å²) < 4.78 is 5.82. The molecule has 7 heteroatoms. The number of nitrogens with one attached hydrogen (secondary N) is 2. The van der Waals surface area contributed by atoms with E-state index in [4.69, 9.17) is 4.74 Å². The molecular weight excluding hydrogens is 374 g/mol. The van der Waals surface area contributed by atoms with Gasteiger partial charge in [-0.2, -0.15) is 0 Å². The van der Waals surface area contributed by atoms with E-state index in [1.807, 2.05) is 32.0 Å². The summed E-state index contributed by atoms with van der Waals surface area (Å²) in [4.78, 5) is 29.2. The maximum absolute atomic E-state index is 12.6. The van der Waals surface area contributed by atoms with Crippen molar-refractivity contribution in [3.63, 3.8) is 0 Å². The Morgan fingerprint density at radius 2 is 1.89 bits per heavy atom. The van der Waals surface area contributed by atoms with Crippen LogP contribution >= 0.6 is 11.3 Å². The molecule has 0 spiro atoms. The van der Waals surface area contributed by atoms with Gasteiger partial charge in [-0.05, 0) is 50.1 Å². The summed E-state index contributed by atoms with van der Waals surface area (Å²) in [6.07, 6.45) is 0.885. The number of rotatable bonds is 6. The van der Waals surface area contributed by atoms with Crippen LogP contribution in [0.4, 0.5) is 10.8 Å². The third-order valence-electron chi connectivity index (χ3n) is 4.10. The number of nitrogens with zero attached hydrogens (tertiary/aromatic N) is 1. The zero-order valence-electron chi connectivity index (χ0n) is 15.9. The van der Waals surface area contributed by atoms with Crippen LogP contribution in [0.2, 0.25) is 0 Å². The van der Waals surface area contributed by atoms with Crippen molar-refractivity contribution in [2.45, 2.75) is 26.9 Å². The van der Waals surface area contributed by atoms with Crippen LogP contribution in [0, 0.1) is 13.8 Å². The molecule has 1 aromatic heterocycles. The van der Waals surface area contributed by atoms with E-state index >= 15 is 0 Å². The third kappa shape index (κ3) is 4.75. The number of anilines is 2. The molecule has 1 heterocycles. The number of para-hydroxylation sites is 1. The van der Waals surface area contributed by atoms with Gasteiger partial charge in [-0.1, -0.05) is 24.3 Å². The van der Waals surface area contributed by atoms with Crippen LogP contribution in [-0.4, -0.2) is 22.9 Å². The molecule has 144 valence electrons. The molecule has 0 aliphatic rings. The van der Waals surface area contributed by atoms with Crippen LogP contribution in [0.3, 0.4) is 0 Å². The van der Waals surface area contributed by atoms with E-state index in [-0.39, 0.29) is 11.8 Å². The van der Waals surface area contributed by atoms with Crippen LogP contribution < -0.4 is 15.4 Å². The molecule has 3 rings (SSSR count). The molecule has 0 fully saturated rings. The molecule has 2 N–H and O–H groups in total. The van der Waals surface area contributed by atoms with Crippen LogP contribution in [0.5, 0.6) is 5.75 Å². The number of benzene rings is 2. The first-order valence-electron chi connectivity index (χ1n) is 8.78. The standard InChI is InChI=1S/C21H21N3O3S/c1-13-8-9-14(2)18(12-13)27-15(3)19(25)23-17-7-5-4-6-16(17)20(26)24-21-22-10-11-28-21/h4-12,15H,1-3H3,(H,23,25)(H,22,24,26). The van der Waals surface area contributed by atoms with E-state index in [0.29, 0.717) is 22.1 Å². The summed E-state index contributed by atoms with van der Waals surface area (Å²) in [6, 6.07) is 12.7. The number of thiazole rings is 1. The third-order valence-corrected chi connectivity index (χ3v) is 4.79. The average Bonchev–Trinajstić information content (AvgIpc) is 3.18. The van der Waals surface area contributed by atoms with Crippen molar-refractivity contribution in [3.8, 4) is 5.75 Å². The van der Waals surface area contributed by atoms with Crippen molar-refractivity contribution >= 4 is 34.0 Å². The second kappa shape index (κ2) is 8.67. The number of carbonyl (C=O) groups is 2. The number of amides is 2. The van der Waals surface area contributed by atoms with Gasteiger partial charge in [0.1, 0.15) is 5.75 Å². The molecule has 0 radical (unpaired) electrons. The SMILES string of the molecule is Cc1ccc(C)c(OC(C)C(=O)Nc2ccccc2C(=O)Nc2nccs2)c1. The number of carbonyl (C=O) groups excluding carboxylic acids is 2. The maximum Gasteiger partial charge on any atom is 0.265 e. The van der Waals surface area contributed by atoms with Gasteiger partial charge in [0.2, 0.25) is 0 Å². The summed E-state index contributed by atoms with van der Waals surface area (Å²) in [5, 5.41) is 7.78. The minimum atomic E-state index is -0.726. The van der Waals surface area contributed by atoms with Gasteiger partial charge in [0.15, 0.2) is 11.2 Å². The van der Waals surface area contributed by atoms with Crippen molar-refractivity contribution < 1.29 is 14.3 Å². The van der Waals surface area contributed by atoms with Gasteiger partial charge >= 0.3 is 0 Å². The fraction of sp³-hybridized carbons (Fsp3) is 0.190. The monoisotopic (exact) mass is 395 g/mol. The van der Waals surface area contributed by atoms with Gasteiger partial charge in [-0.25, -0.2) is 4.98 Å². The highest BCUT2D eigenvalue weighted by Gasteiger charge is 2.19. The maximum atomic E-state index is 12.6. The van der Waals surface area contributed by atoms with Crippen molar-refractivity contribution in [3.05, 3.63) is 70.7 Å². The van der Waals surface area contributed by atoms with Gasteiger partial charge in [0, 0.05) is 11.6 Å². The number of hydrogen-bond donors (Lipinski definition) is 2. The van der Waals surface area contributed by atoms with E-state index in [1.165, 1.54) is 11.3 Å². The zero-order valence-corrected chi connectivity index (χ0v) is 16.7. The summed E-state index contributed by atoms with van der Waals surface area (Å²) >= 11 is 1.32. The summed E-state index contributed by atoms with van der Waals surface area (Å²) in [5.74, 6) is -0.0122. The van der Waals surface area contributed by atoms with Crippen LogP contribution in [0.15, 0.2) is 54.0 Å². The molecule has 0 aliphatic carbocycles. The summed E-state index contributed by atoms with van der Waals surface area (Å²) in [7, 11) is 0. The molecule has 3 aromatic rings. The highest BCUT2D eigenvalue weighted by atomic mass is 32.1. The minimum absolute atomic E-state index is 0.338. The molecule has 1 atom stereocenters. The molecule has 0 saturated heterocycles. The summed E-state index contributed by atoms with van der Waals surface area (Å²) in [6.45, 7) is 5.57. The molecule has 1 unspecified atom stereocenters. The number of hydrogen-bond acceptors (Lipinski definition) is 5. The Kier molecular flexibility index (Phi) is 6.06. The Morgan fingerprint density at radius 3 is 2.64 bits per heavy atom. The molecule has 0 bridgehead atoms. The van der Waals surface area contributed by atoms with Gasteiger partial charge in [-0.15, -0.1) is 11.3 Å². The first-order valence-corrected chi connectivity index (χ1v) is 9.66. The topological polar surface area (TPSA) is 80.3 Å². The van der Waals surface area contributed by atoms with Crippen LogP contribution in [0.25, 0.3) is 0 Å². The van der Waals surface area contributed by atoms with Gasteiger partial charge < -0.3 is 10.1 Å². The molecule has 28 heavy (non-hydrogen) atoms. The van der Waals surface area contributed by atoms with E-state index in [1.54, 1.807) is 42.8 Å². The number of aryl methyl sites for hydroxylation is 2. The molecule has 2 aromatic carbocycles. The second-order valence-electron chi connectivity index (χ2n) is 6.36. The van der Waals surface area contributed by atoms with Crippen molar-refractivity contribution in [2.24, 2.45) is 0 Å². The van der Waals surface area contributed by atoms with Crippen LogP contribution in [-0.2, 0) is 4.79 Å². The first-order chi connectivity index (χ1) is 13.4. The lowest BCUT2D eigenvalue weighted by molar-refractivity contribution is -0.122. The summed E-state index contributed by atoms with van der Waals surface area (Å²) in [5.41, 5.74) is 2.77. The highest BCUT2D eigenvalue weighted by Crippen LogP contribution is 2.22. The van der Waals surface area contributed by atoms with E-state index in [0.717, 1.165) is 11.1 Å². The lowest BCUT2D eigenvalue weighted by atomic mass is 10.1. The van der Waals surface area contributed by atoms with Gasteiger partial charge in [0.05, 0.1) is 11.3 Å². The minimum Gasteiger partial charge on any atom is -0.481 e. The quantitative estimate of drug-likeness (QED) is 0.647. The van der Waals surface area contributed by atoms with Crippen molar-refractivity contribution in [1.29, 1.82) is 0 Å². The van der Waals surface area contributed by atoms with Crippen molar-refractivity contribution in [1.82, 2.24) is 4.98 Å². The lowest BCUT2D eigenvalue weighted by Gasteiger charge is -2.18. The average molecular weight is 395 g/mol. The van der Waals surface area contributed by atoms with E-state index in [9.17, 15) is 9.59 Å². The molecule has 6 nitrogen and oxygen atoms in total. The number of ether oxygens (including phenoxy) is 1. The fourth-order valence-electron chi connectivity index (χ4n) is 2.55. The number of aromatic nitrogens is 1. The van der Waals surface area contributed by atoms with Gasteiger partial charge in [0.25, 0.3) is 11.8 Å². The Hall–Kier alpha value is -3.19. The highest BCUT2D eigenvalue weighted by molar-refractivity contribution is 7.13. The predicted octanol–water partition coefficient (Wildman–Crippen LogP) is 4.42. The Bertz CT molecular complexity index is 986. The van der Waals surface area contributed by atoms with Crippen molar-refractivity contribution in [2.75, 3.05) is 10.6 Å². The van der Waals surface area contributed by atoms with E-state index < -0.39 is 6.10 Å². The fourth-order valence-corrected chi connectivity index (χ4v) is 3.08. The van der Waals surface area contributed by atoms with Crippen LogP contribution in [0.1, 0.15) is 28.4 Å². The largest absolute Gasteiger partial charge is 0.481 e. The normalized spacial score (nSPS) is 11.5. The zero-order chi connectivity index (χ0) is 20.1. The first kappa shape index (κ1) is 19.6. The Labute approximate surface area is 167 Å². The Morgan fingerprint density at radius 1 is 1.11 bits per heavy atom. The molecular formula is C21H21N3O3S. The Balaban J connectivity index is 1.71. The lowest BCUT2D eigenvalue weighted by Crippen LogP contribution is -2.31. The van der Waals surface area contributed by atoms with Gasteiger partial charge in [-0.3, -0.25) is 14.9 Å².